The number of hydrogen-bond acceptors (Lipinski definition) is 5. The topological polar surface area (TPSA) is 78.4 Å². The zero-order valence-corrected chi connectivity index (χ0v) is 17.8. The van der Waals surface area contributed by atoms with Crippen LogP contribution < -0.4 is 15.4 Å². The lowest BCUT2D eigenvalue weighted by molar-refractivity contribution is 0.150. The van der Waals surface area contributed by atoms with Crippen molar-refractivity contribution in [1.82, 2.24) is 15.5 Å². The number of para-hydroxylation sites is 1. The quantitative estimate of drug-likeness (QED) is 0.454. The van der Waals surface area contributed by atoms with Gasteiger partial charge in [-0.05, 0) is 50.2 Å². The number of phenols is 1. The van der Waals surface area contributed by atoms with Crippen molar-refractivity contribution in [3.63, 3.8) is 0 Å². The van der Waals surface area contributed by atoms with Crippen molar-refractivity contribution in [3.8, 4) is 11.5 Å². The highest BCUT2D eigenvalue weighted by atomic mass is 16.5. The van der Waals surface area contributed by atoms with E-state index < -0.39 is 0 Å². The Kier molecular flexibility index (Phi) is 8.43. The van der Waals surface area contributed by atoms with Crippen LogP contribution in [-0.2, 0) is 11.2 Å². The van der Waals surface area contributed by atoms with E-state index in [0.29, 0.717) is 30.7 Å². The Morgan fingerprint density at radius 2 is 2.14 bits per heavy atom. The first-order chi connectivity index (χ1) is 14.2. The molecule has 162 valence electrons. The monoisotopic (exact) mass is 404 g/mol. The Bertz CT molecular complexity index is 653. The smallest absolute Gasteiger partial charge is 0.191 e. The highest BCUT2D eigenvalue weighted by Crippen LogP contribution is 2.29. The molecule has 29 heavy (non-hydrogen) atoms. The van der Waals surface area contributed by atoms with Crippen molar-refractivity contribution in [3.05, 3.63) is 23.8 Å². The highest BCUT2D eigenvalue weighted by molar-refractivity contribution is 5.80. The van der Waals surface area contributed by atoms with Gasteiger partial charge in [-0.1, -0.05) is 12.1 Å². The minimum absolute atomic E-state index is 0.211. The predicted molar refractivity (Wildman–Crippen MR) is 116 cm³/mol. The molecule has 7 heteroatoms. The molecule has 0 amide bonds. The third-order valence-corrected chi connectivity index (χ3v) is 5.77. The van der Waals surface area contributed by atoms with Gasteiger partial charge in [0.25, 0.3) is 0 Å². The van der Waals surface area contributed by atoms with Crippen molar-refractivity contribution >= 4 is 5.96 Å². The molecule has 0 spiro atoms. The number of rotatable bonds is 8. The molecule has 2 aliphatic heterocycles. The van der Waals surface area contributed by atoms with Gasteiger partial charge in [-0.3, -0.25) is 4.99 Å². The Balaban J connectivity index is 1.46. The van der Waals surface area contributed by atoms with Crippen LogP contribution in [0, 0.1) is 5.92 Å². The molecular formula is C22H36N4O3. The summed E-state index contributed by atoms with van der Waals surface area (Å²) in [6, 6.07) is 6.03. The van der Waals surface area contributed by atoms with Gasteiger partial charge in [-0.15, -0.1) is 0 Å². The summed E-state index contributed by atoms with van der Waals surface area (Å²) in [5, 5.41) is 17.2. The molecule has 1 atom stereocenters. The van der Waals surface area contributed by atoms with E-state index in [-0.39, 0.29) is 5.75 Å². The van der Waals surface area contributed by atoms with E-state index in [4.69, 9.17) is 14.5 Å². The van der Waals surface area contributed by atoms with Gasteiger partial charge in [0.2, 0.25) is 0 Å². The molecule has 2 fully saturated rings. The second-order valence-corrected chi connectivity index (χ2v) is 7.93. The second kappa shape index (κ2) is 11.3. The molecule has 0 radical (unpaired) electrons. The molecule has 1 unspecified atom stereocenters. The maximum absolute atomic E-state index is 10.2. The van der Waals surface area contributed by atoms with Crippen molar-refractivity contribution in [1.29, 1.82) is 0 Å². The average Bonchev–Trinajstić information content (AvgIpc) is 3.24. The third kappa shape index (κ3) is 6.51. The van der Waals surface area contributed by atoms with E-state index in [1.807, 2.05) is 12.1 Å². The van der Waals surface area contributed by atoms with Gasteiger partial charge in [-0.25, -0.2) is 0 Å². The second-order valence-electron chi connectivity index (χ2n) is 7.93. The van der Waals surface area contributed by atoms with E-state index in [9.17, 15) is 5.11 Å². The first-order valence-electron chi connectivity index (χ1n) is 10.9. The first-order valence-corrected chi connectivity index (χ1v) is 10.9. The van der Waals surface area contributed by atoms with Crippen LogP contribution >= 0.6 is 0 Å². The van der Waals surface area contributed by atoms with Gasteiger partial charge < -0.3 is 30.1 Å². The van der Waals surface area contributed by atoms with Crippen LogP contribution in [0.15, 0.2) is 23.2 Å². The zero-order chi connectivity index (χ0) is 20.5. The molecule has 7 nitrogen and oxygen atoms in total. The standard InChI is InChI=1S/C22H36N4O3/c1-3-23-22(24-11-7-18-5-4-6-20(28-2)21(18)27)25-19-8-12-26(13-9-19)15-17-10-14-29-16-17/h4-6,17,19,27H,3,7-16H2,1-2H3,(H2,23,24,25). The Hall–Kier alpha value is -1.99. The normalized spacial score (nSPS) is 21.3. The van der Waals surface area contributed by atoms with Crippen LogP contribution in [0.4, 0.5) is 0 Å². The molecule has 1 aromatic rings. The van der Waals surface area contributed by atoms with Crippen molar-refractivity contribution < 1.29 is 14.6 Å². The number of phenolic OH excluding ortho intramolecular Hbond substituents is 1. The highest BCUT2D eigenvalue weighted by Gasteiger charge is 2.24. The summed E-state index contributed by atoms with van der Waals surface area (Å²) in [5.41, 5.74) is 0.855. The van der Waals surface area contributed by atoms with Crippen LogP contribution in [0.5, 0.6) is 11.5 Å². The maximum atomic E-state index is 10.2. The predicted octanol–water partition coefficient (Wildman–Crippen LogP) is 2.00. The van der Waals surface area contributed by atoms with Gasteiger partial charge in [0.15, 0.2) is 17.5 Å². The van der Waals surface area contributed by atoms with Gasteiger partial charge in [0, 0.05) is 45.4 Å². The summed E-state index contributed by atoms with van der Waals surface area (Å²) in [5.74, 6) is 2.29. The van der Waals surface area contributed by atoms with Crippen LogP contribution in [0.1, 0.15) is 31.7 Å². The van der Waals surface area contributed by atoms with Gasteiger partial charge in [0.1, 0.15) is 0 Å². The van der Waals surface area contributed by atoms with E-state index in [0.717, 1.165) is 57.2 Å². The lowest BCUT2D eigenvalue weighted by Gasteiger charge is -2.34. The minimum atomic E-state index is 0.211. The molecule has 1 aromatic carbocycles. The van der Waals surface area contributed by atoms with Gasteiger partial charge >= 0.3 is 0 Å². The number of nitrogens with zero attached hydrogens (tertiary/aromatic N) is 2. The molecule has 0 aromatic heterocycles. The summed E-state index contributed by atoms with van der Waals surface area (Å²) in [4.78, 5) is 7.29. The lowest BCUT2D eigenvalue weighted by atomic mass is 10.0. The molecule has 2 aliphatic rings. The Morgan fingerprint density at radius 1 is 1.31 bits per heavy atom. The van der Waals surface area contributed by atoms with Gasteiger partial charge in [-0.2, -0.15) is 0 Å². The van der Waals surface area contributed by atoms with Gasteiger partial charge in [0.05, 0.1) is 13.7 Å². The SMILES string of the molecule is CCNC(=NCCc1cccc(OC)c1O)NC1CCN(CC2CCOC2)CC1. The Morgan fingerprint density at radius 3 is 2.83 bits per heavy atom. The molecule has 2 saturated heterocycles. The summed E-state index contributed by atoms with van der Waals surface area (Å²) in [6.45, 7) is 8.81. The fourth-order valence-electron chi connectivity index (χ4n) is 4.09. The average molecular weight is 405 g/mol. The lowest BCUT2D eigenvalue weighted by Crippen LogP contribution is -2.49. The van der Waals surface area contributed by atoms with Crippen LogP contribution in [-0.4, -0.2) is 75.1 Å². The van der Waals surface area contributed by atoms with Crippen molar-refractivity contribution in [2.24, 2.45) is 10.9 Å². The third-order valence-electron chi connectivity index (χ3n) is 5.77. The fourth-order valence-corrected chi connectivity index (χ4v) is 4.09. The number of likely N-dealkylation sites (tertiary alicyclic amines) is 1. The largest absolute Gasteiger partial charge is 0.504 e. The van der Waals surface area contributed by atoms with E-state index in [2.05, 4.69) is 22.5 Å². The number of nitrogens with one attached hydrogen (secondary N) is 2. The molecule has 3 rings (SSSR count). The fraction of sp³-hybridized carbons (Fsp3) is 0.682. The van der Waals surface area contributed by atoms with Crippen LogP contribution in [0.25, 0.3) is 0 Å². The van der Waals surface area contributed by atoms with Crippen molar-refractivity contribution in [2.45, 2.75) is 38.6 Å². The molecular weight excluding hydrogens is 368 g/mol. The summed E-state index contributed by atoms with van der Waals surface area (Å²) in [7, 11) is 1.57. The number of aliphatic imine (C=N–C) groups is 1. The number of benzene rings is 1. The van der Waals surface area contributed by atoms with Crippen molar-refractivity contribution in [2.75, 3.05) is 53.0 Å². The number of guanidine groups is 1. The van der Waals surface area contributed by atoms with E-state index in [1.54, 1.807) is 13.2 Å². The molecule has 3 N–H and O–H groups in total. The minimum Gasteiger partial charge on any atom is -0.504 e. The first kappa shape index (κ1) is 21.7. The summed E-state index contributed by atoms with van der Waals surface area (Å²) >= 11 is 0. The molecule has 0 aliphatic carbocycles. The van der Waals surface area contributed by atoms with Crippen LogP contribution in [0.3, 0.4) is 0 Å². The molecule has 0 saturated carbocycles. The molecule has 2 heterocycles. The number of aromatic hydroxyl groups is 1. The van der Waals surface area contributed by atoms with E-state index in [1.165, 1.54) is 13.0 Å². The summed E-state index contributed by atoms with van der Waals surface area (Å²) in [6.07, 6.45) is 4.14. The van der Waals surface area contributed by atoms with Crippen LogP contribution in [0.2, 0.25) is 0 Å². The number of piperidine rings is 1. The number of hydrogen-bond donors (Lipinski definition) is 3. The Labute approximate surface area is 174 Å². The van der Waals surface area contributed by atoms with E-state index >= 15 is 0 Å². The molecule has 0 bridgehead atoms. The number of ether oxygens (including phenoxy) is 2. The zero-order valence-electron chi connectivity index (χ0n) is 17.8. The maximum Gasteiger partial charge on any atom is 0.191 e. The number of methoxy groups -OCH3 is 1. The summed E-state index contributed by atoms with van der Waals surface area (Å²) < 4.78 is 10.7.